The molecule has 0 bridgehead atoms. The van der Waals surface area contributed by atoms with Crippen LogP contribution in [-0.4, -0.2) is 0 Å². The second-order valence-electron chi connectivity index (χ2n) is 17.2. The maximum atomic E-state index is 2.48. The van der Waals surface area contributed by atoms with Crippen LogP contribution in [0.2, 0.25) is 0 Å². The first-order chi connectivity index (χ1) is 30.5. The smallest absolute Gasteiger partial charge is 0.0728 e. The van der Waals surface area contributed by atoms with Crippen molar-refractivity contribution < 1.29 is 0 Å². The van der Waals surface area contributed by atoms with Crippen LogP contribution in [0.15, 0.2) is 224 Å². The normalized spacial score (nSPS) is 13.9. The van der Waals surface area contributed by atoms with E-state index in [1.165, 1.54) is 87.3 Å². The van der Waals surface area contributed by atoms with Crippen LogP contribution in [0, 0.1) is 0 Å². The van der Waals surface area contributed by atoms with Crippen LogP contribution in [0.1, 0.15) is 47.2 Å². The summed E-state index contributed by atoms with van der Waals surface area (Å²) in [6, 6.07) is 83.2. The van der Waals surface area contributed by atoms with Gasteiger partial charge in [-0.2, -0.15) is 0 Å². The number of fused-ring (bicyclic) bond motifs is 8. The van der Waals surface area contributed by atoms with E-state index in [0.717, 1.165) is 17.1 Å². The fourth-order valence-electron chi connectivity index (χ4n) is 10.6. The Morgan fingerprint density at radius 3 is 1.56 bits per heavy atom. The Kier molecular flexibility index (Phi) is 8.36. The molecule has 9 aromatic carbocycles. The Balaban J connectivity index is 0.998. The second kappa shape index (κ2) is 14.2. The Morgan fingerprint density at radius 2 is 0.887 bits per heavy atom. The first-order valence-electron chi connectivity index (χ1n) is 21.6. The lowest BCUT2D eigenvalue weighted by Gasteiger charge is -2.34. The molecule has 0 aliphatic heterocycles. The summed E-state index contributed by atoms with van der Waals surface area (Å²) in [6.07, 6.45) is 0. The molecule has 10 aromatic rings. The minimum absolute atomic E-state index is 0.0551. The summed E-state index contributed by atoms with van der Waals surface area (Å²) >= 11 is 1.92. The maximum Gasteiger partial charge on any atom is 0.0728 e. The van der Waals surface area contributed by atoms with Gasteiger partial charge in [0, 0.05) is 32.1 Å². The van der Waals surface area contributed by atoms with Gasteiger partial charge in [-0.05, 0) is 126 Å². The van der Waals surface area contributed by atoms with Crippen molar-refractivity contribution in [2.75, 3.05) is 4.90 Å². The average Bonchev–Trinajstić information content (AvgIpc) is 3.93. The van der Waals surface area contributed by atoms with Gasteiger partial charge in [0.15, 0.2) is 0 Å². The second-order valence-corrected chi connectivity index (χ2v) is 18.3. The third kappa shape index (κ3) is 5.46. The van der Waals surface area contributed by atoms with Crippen LogP contribution in [0.4, 0.5) is 17.1 Å². The maximum absolute atomic E-state index is 2.48. The molecule has 0 fully saturated rings. The molecular weight excluding hydrogens is 767 g/mol. The third-order valence-corrected chi connectivity index (χ3v) is 14.8. The van der Waals surface area contributed by atoms with E-state index < -0.39 is 5.41 Å². The van der Waals surface area contributed by atoms with E-state index in [4.69, 9.17) is 0 Å². The summed E-state index contributed by atoms with van der Waals surface area (Å²) in [4.78, 5) is 3.78. The van der Waals surface area contributed by atoms with Crippen LogP contribution in [0.5, 0.6) is 0 Å². The molecule has 1 aromatic heterocycles. The highest BCUT2D eigenvalue weighted by atomic mass is 32.1. The molecule has 0 N–H and O–H groups in total. The quantitative estimate of drug-likeness (QED) is 0.155. The van der Waals surface area contributed by atoms with Gasteiger partial charge < -0.3 is 4.90 Å². The van der Waals surface area contributed by atoms with Crippen LogP contribution in [0.3, 0.4) is 0 Å². The number of benzene rings is 9. The van der Waals surface area contributed by atoms with E-state index >= 15 is 0 Å². The molecule has 0 radical (unpaired) electrons. The lowest BCUT2D eigenvalue weighted by molar-refractivity contribution is 0.660. The summed E-state index contributed by atoms with van der Waals surface area (Å²) in [5.41, 5.74) is 19.7. The Hall–Kier alpha value is -7.26. The van der Waals surface area contributed by atoms with E-state index in [2.05, 4.69) is 243 Å². The zero-order valence-electron chi connectivity index (χ0n) is 34.7. The predicted molar refractivity (Wildman–Crippen MR) is 262 cm³/mol. The molecule has 1 nitrogen and oxygen atoms in total. The minimum Gasteiger partial charge on any atom is -0.310 e. The Bertz CT molecular complexity index is 3250. The number of thiophene rings is 1. The van der Waals surface area contributed by atoms with Crippen molar-refractivity contribution in [3.8, 4) is 43.8 Å². The third-order valence-electron chi connectivity index (χ3n) is 13.6. The average molecular weight is 810 g/mol. The van der Waals surface area contributed by atoms with Crippen LogP contribution >= 0.6 is 11.3 Å². The summed E-state index contributed by atoms with van der Waals surface area (Å²) in [6.45, 7) is 4.70. The standard InChI is InChI=1S/C60H43NS/c1-59(2)53-24-14-12-22-49(53)52-39-48(35-37-54(52)59)61(46-31-26-41(27-32-46)40-16-6-3-7-17-40)47-33-28-42(29-34-47)43-30-36-50-55(38-43)60(44-18-8-4-9-19-44,45-20-10-5-11-21-45)57-51-23-13-15-25-56(51)62-58(50)57/h3-39H,1-2H3. The first-order valence-corrected chi connectivity index (χ1v) is 22.4. The zero-order valence-corrected chi connectivity index (χ0v) is 35.5. The number of hydrogen-bond donors (Lipinski definition) is 0. The summed E-state index contributed by atoms with van der Waals surface area (Å²) in [7, 11) is 0. The van der Waals surface area contributed by atoms with Crippen molar-refractivity contribution >= 4 is 38.5 Å². The largest absolute Gasteiger partial charge is 0.310 e. The van der Waals surface area contributed by atoms with Crippen LogP contribution in [0.25, 0.3) is 53.9 Å². The fourth-order valence-corrected chi connectivity index (χ4v) is 11.9. The highest BCUT2D eigenvalue weighted by Crippen LogP contribution is 2.61. The number of anilines is 3. The molecule has 0 spiro atoms. The van der Waals surface area contributed by atoms with Crippen molar-refractivity contribution in [2.24, 2.45) is 0 Å². The molecule has 294 valence electrons. The summed E-state index contributed by atoms with van der Waals surface area (Å²) in [5.74, 6) is 0. The van der Waals surface area contributed by atoms with Crippen molar-refractivity contribution in [3.63, 3.8) is 0 Å². The molecule has 0 unspecified atom stereocenters. The van der Waals surface area contributed by atoms with E-state index in [0.29, 0.717) is 0 Å². The highest BCUT2D eigenvalue weighted by molar-refractivity contribution is 7.22. The van der Waals surface area contributed by atoms with Crippen molar-refractivity contribution in [1.29, 1.82) is 0 Å². The van der Waals surface area contributed by atoms with Gasteiger partial charge in [0.1, 0.15) is 0 Å². The molecule has 0 saturated heterocycles. The number of hydrogen-bond acceptors (Lipinski definition) is 2. The van der Waals surface area contributed by atoms with E-state index in [1.807, 2.05) is 11.3 Å². The molecule has 0 amide bonds. The SMILES string of the molecule is CC1(C)c2ccccc2-c2cc(N(c3ccc(-c4ccccc4)cc3)c3ccc(-c4ccc5c(c4)C(c4ccccc4)(c4ccccc4)c4c-5sc5ccccc45)cc3)ccc21. The van der Waals surface area contributed by atoms with Crippen molar-refractivity contribution in [3.05, 3.63) is 258 Å². The summed E-state index contributed by atoms with van der Waals surface area (Å²) in [5, 5.41) is 1.33. The molecular formula is C60H43NS. The van der Waals surface area contributed by atoms with E-state index in [9.17, 15) is 0 Å². The number of rotatable bonds is 7. The molecule has 2 heteroatoms. The highest BCUT2D eigenvalue weighted by Gasteiger charge is 2.48. The molecule has 12 rings (SSSR count). The molecule has 62 heavy (non-hydrogen) atoms. The first kappa shape index (κ1) is 36.6. The fraction of sp³-hybridized carbons (Fsp3) is 0.0667. The monoisotopic (exact) mass is 809 g/mol. The minimum atomic E-state index is -0.466. The summed E-state index contributed by atoms with van der Waals surface area (Å²) < 4.78 is 1.33. The van der Waals surface area contributed by atoms with Crippen molar-refractivity contribution in [1.82, 2.24) is 0 Å². The van der Waals surface area contributed by atoms with E-state index in [1.54, 1.807) is 0 Å². The molecule has 0 atom stereocenters. The molecule has 1 heterocycles. The van der Waals surface area contributed by atoms with Crippen molar-refractivity contribution in [2.45, 2.75) is 24.7 Å². The Labute approximate surface area is 367 Å². The lowest BCUT2D eigenvalue weighted by atomic mass is 9.67. The van der Waals surface area contributed by atoms with Gasteiger partial charge in [0.05, 0.1) is 5.41 Å². The molecule has 2 aliphatic rings. The van der Waals surface area contributed by atoms with E-state index in [-0.39, 0.29) is 5.41 Å². The van der Waals surface area contributed by atoms with Crippen LogP contribution < -0.4 is 4.90 Å². The van der Waals surface area contributed by atoms with Crippen LogP contribution in [-0.2, 0) is 10.8 Å². The zero-order chi connectivity index (χ0) is 41.4. The number of nitrogens with zero attached hydrogens (tertiary/aromatic N) is 1. The topological polar surface area (TPSA) is 3.24 Å². The van der Waals surface area contributed by atoms with Gasteiger partial charge in [-0.25, -0.2) is 0 Å². The Morgan fingerprint density at radius 1 is 0.371 bits per heavy atom. The van der Waals surface area contributed by atoms with Gasteiger partial charge in [-0.15, -0.1) is 11.3 Å². The van der Waals surface area contributed by atoms with Gasteiger partial charge in [-0.3, -0.25) is 0 Å². The lowest BCUT2D eigenvalue weighted by Crippen LogP contribution is -2.28. The molecule has 0 saturated carbocycles. The van der Waals surface area contributed by atoms with Gasteiger partial charge in [0.25, 0.3) is 0 Å². The molecule has 2 aliphatic carbocycles. The predicted octanol–water partition coefficient (Wildman–Crippen LogP) is 16.4. The van der Waals surface area contributed by atoms with Gasteiger partial charge in [0.2, 0.25) is 0 Å². The van der Waals surface area contributed by atoms with Gasteiger partial charge >= 0.3 is 0 Å². The van der Waals surface area contributed by atoms with Gasteiger partial charge in [-0.1, -0.05) is 190 Å².